The summed E-state index contributed by atoms with van der Waals surface area (Å²) in [6.07, 6.45) is 3.81. The molecule has 0 atom stereocenters. The molecule has 3 aromatic rings. The Hall–Kier alpha value is -2.68. The van der Waals surface area contributed by atoms with Crippen molar-refractivity contribution in [1.82, 2.24) is 0 Å². The van der Waals surface area contributed by atoms with Crippen molar-refractivity contribution in [3.05, 3.63) is 66.7 Å². The minimum Gasteiger partial charge on any atom is -0.398 e. The summed E-state index contributed by atoms with van der Waals surface area (Å²) < 4.78 is 37.5. The van der Waals surface area contributed by atoms with Crippen LogP contribution < -0.4 is 9.88 Å². The van der Waals surface area contributed by atoms with Crippen LogP contribution in [0.2, 0.25) is 0 Å². The van der Waals surface area contributed by atoms with E-state index in [1.807, 2.05) is 78.5 Å². The lowest BCUT2D eigenvalue weighted by atomic mass is 10.3. The zero-order chi connectivity index (χ0) is 18.3. The number of rotatable bonds is 4. The maximum atomic E-state index is 9.33. The highest BCUT2D eigenvalue weighted by Crippen LogP contribution is 2.13. The summed E-state index contributed by atoms with van der Waals surface area (Å²) in [6.45, 7) is 0. The topological polar surface area (TPSA) is 92.7 Å². The van der Waals surface area contributed by atoms with Crippen molar-refractivity contribution in [2.45, 2.75) is 0 Å². The van der Waals surface area contributed by atoms with Gasteiger partial charge in [0.05, 0.1) is 13.2 Å². The van der Waals surface area contributed by atoms with E-state index in [1.54, 1.807) is 0 Å². The standard InChI is InChI=1S/C16H14N2O.CH4O4S/c1-18-14-9-5-6-10-15(14)19-16(18)11-12-17-13-7-3-2-4-8-13;1-5-6(2,3)4/h2-12H,1H3;1H3,(H,2,3,4)/p+1. The Bertz CT molecular complexity index is 950. The highest BCUT2D eigenvalue weighted by atomic mass is 32.3. The molecule has 2 N–H and O–H groups in total. The van der Waals surface area contributed by atoms with Crippen molar-refractivity contribution < 1.29 is 26.1 Å². The summed E-state index contributed by atoms with van der Waals surface area (Å²) in [5, 5.41) is 3.21. The van der Waals surface area contributed by atoms with Crippen LogP contribution in [-0.4, -0.2) is 20.1 Å². The number of para-hydroxylation sites is 3. The van der Waals surface area contributed by atoms with Crippen LogP contribution in [0.3, 0.4) is 0 Å². The van der Waals surface area contributed by atoms with E-state index in [0.717, 1.165) is 29.8 Å². The third kappa shape index (κ3) is 5.71. The Morgan fingerprint density at radius 1 is 1.12 bits per heavy atom. The number of hydrogen-bond donors (Lipinski definition) is 2. The summed E-state index contributed by atoms with van der Waals surface area (Å²) in [5.74, 6) is 0.810. The van der Waals surface area contributed by atoms with E-state index in [1.165, 1.54) is 0 Å². The van der Waals surface area contributed by atoms with Gasteiger partial charge >= 0.3 is 16.3 Å². The molecular weight excluding hydrogens is 344 g/mol. The number of aryl methyl sites for hydroxylation is 1. The molecule has 0 fully saturated rings. The Balaban J connectivity index is 0.000000326. The first-order valence-electron chi connectivity index (χ1n) is 7.29. The maximum absolute atomic E-state index is 9.33. The molecular formula is C17H19N2O5S+. The molecule has 0 aliphatic rings. The molecule has 1 heterocycles. The third-order valence-electron chi connectivity index (χ3n) is 3.23. The van der Waals surface area contributed by atoms with E-state index < -0.39 is 10.4 Å². The molecule has 0 bridgehead atoms. The van der Waals surface area contributed by atoms with Gasteiger partial charge in [0.1, 0.15) is 7.05 Å². The molecule has 0 saturated carbocycles. The van der Waals surface area contributed by atoms with Crippen molar-refractivity contribution in [3.63, 3.8) is 0 Å². The van der Waals surface area contributed by atoms with E-state index in [-0.39, 0.29) is 0 Å². The van der Waals surface area contributed by atoms with Crippen LogP contribution in [0.15, 0.2) is 65.2 Å². The highest BCUT2D eigenvalue weighted by Gasteiger charge is 2.15. The molecule has 0 aliphatic carbocycles. The van der Waals surface area contributed by atoms with Crippen molar-refractivity contribution in [2.24, 2.45) is 7.05 Å². The number of oxazole rings is 1. The molecule has 7 nitrogen and oxygen atoms in total. The Labute approximate surface area is 146 Å². The second-order valence-electron chi connectivity index (χ2n) is 4.91. The van der Waals surface area contributed by atoms with Crippen molar-refractivity contribution >= 4 is 33.3 Å². The van der Waals surface area contributed by atoms with Gasteiger partial charge in [-0.2, -0.15) is 13.0 Å². The van der Waals surface area contributed by atoms with Gasteiger partial charge in [-0.15, -0.1) is 0 Å². The van der Waals surface area contributed by atoms with Gasteiger partial charge < -0.3 is 9.73 Å². The van der Waals surface area contributed by atoms with Gasteiger partial charge in [0, 0.05) is 18.0 Å². The van der Waals surface area contributed by atoms with E-state index in [4.69, 9.17) is 8.97 Å². The second kappa shape index (κ2) is 8.43. The largest absolute Gasteiger partial charge is 0.398 e. The number of fused-ring (bicyclic) bond motifs is 1. The van der Waals surface area contributed by atoms with Gasteiger partial charge in [-0.25, -0.2) is 0 Å². The second-order valence-corrected chi connectivity index (χ2v) is 6.09. The summed E-state index contributed by atoms with van der Waals surface area (Å²) in [4.78, 5) is 0. The van der Waals surface area contributed by atoms with Gasteiger partial charge in [-0.3, -0.25) is 8.74 Å². The van der Waals surface area contributed by atoms with Gasteiger partial charge in [0.15, 0.2) is 0 Å². The van der Waals surface area contributed by atoms with Gasteiger partial charge in [0.25, 0.3) is 5.52 Å². The fraction of sp³-hybridized carbons (Fsp3) is 0.118. The molecule has 25 heavy (non-hydrogen) atoms. The Morgan fingerprint density at radius 3 is 2.32 bits per heavy atom. The predicted molar refractivity (Wildman–Crippen MR) is 95.0 cm³/mol. The minimum atomic E-state index is -4.16. The van der Waals surface area contributed by atoms with Crippen LogP contribution in [0.1, 0.15) is 5.89 Å². The fourth-order valence-electron chi connectivity index (χ4n) is 2.01. The fourth-order valence-corrected chi connectivity index (χ4v) is 2.01. The lowest BCUT2D eigenvalue weighted by molar-refractivity contribution is -0.652. The van der Waals surface area contributed by atoms with Crippen molar-refractivity contribution in [2.75, 3.05) is 12.4 Å². The average molecular weight is 363 g/mol. The monoisotopic (exact) mass is 363 g/mol. The Morgan fingerprint density at radius 2 is 1.72 bits per heavy atom. The summed E-state index contributed by atoms with van der Waals surface area (Å²) >= 11 is 0. The first-order chi connectivity index (χ1) is 11.9. The molecule has 1 aromatic heterocycles. The lowest BCUT2D eigenvalue weighted by Gasteiger charge is -1.97. The predicted octanol–water partition coefficient (Wildman–Crippen LogP) is 2.78. The first-order valence-corrected chi connectivity index (χ1v) is 8.66. The van der Waals surface area contributed by atoms with Crippen LogP contribution in [0.4, 0.5) is 5.69 Å². The van der Waals surface area contributed by atoms with E-state index in [2.05, 4.69) is 9.50 Å². The van der Waals surface area contributed by atoms with Crippen LogP contribution in [0.5, 0.6) is 0 Å². The number of nitrogens with zero attached hydrogens (tertiary/aromatic N) is 1. The lowest BCUT2D eigenvalue weighted by Crippen LogP contribution is -2.29. The summed E-state index contributed by atoms with van der Waals surface area (Å²) in [6, 6.07) is 18.0. The molecule has 0 amide bonds. The number of benzene rings is 2. The zero-order valence-corrected chi connectivity index (χ0v) is 14.6. The quantitative estimate of drug-likeness (QED) is 0.547. The molecule has 0 aliphatic heterocycles. The third-order valence-corrected chi connectivity index (χ3v) is 3.65. The zero-order valence-electron chi connectivity index (χ0n) is 13.8. The van der Waals surface area contributed by atoms with Crippen molar-refractivity contribution in [1.29, 1.82) is 0 Å². The van der Waals surface area contributed by atoms with E-state index in [9.17, 15) is 8.42 Å². The summed E-state index contributed by atoms with van der Waals surface area (Å²) in [5.41, 5.74) is 3.03. The molecule has 0 radical (unpaired) electrons. The molecule has 0 unspecified atom stereocenters. The molecule has 3 rings (SSSR count). The highest BCUT2D eigenvalue weighted by molar-refractivity contribution is 7.80. The SMILES string of the molecule is COS(=O)(=O)O.C[n+]1c(/C=C/Nc2ccccc2)oc2ccccc21. The molecule has 8 heteroatoms. The first kappa shape index (κ1) is 18.7. The number of anilines is 1. The van der Waals surface area contributed by atoms with Gasteiger partial charge in [-0.1, -0.05) is 30.3 Å². The minimum absolute atomic E-state index is 0.810. The Kier molecular flexibility index (Phi) is 6.29. The molecule has 2 aromatic carbocycles. The number of aromatic nitrogens is 1. The van der Waals surface area contributed by atoms with Crippen LogP contribution in [0, 0.1) is 0 Å². The maximum Gasteiger partial charge on any atom is 0.397 e. The molecule has 132 valence electrons. The summed E-state index contributed by atoms with van der Waals surface area (Å²) in [7, 11) is -1.30. The number of hydrogen-bond acceptors (Lipinski definition) is 5. The van der Waals surface area contributed by atoms with E-state index in [0.29, 0.717) is 0 Å². The van der Waals surface area contributed by atoms with E-state index >= 15 is 0 Å². The smallest absolute Gasteiger partial charge is 0.397 e. The van der Waals surface area contributed by atoms with Crippen molar-refractivity contribution in [3.8, 4) is 0 Å². The average Bonchev–Trinajstić information content (AvgIpc) is 2.92. The van der Waals surface area contributed by atoms with Crippen LogP contribution >= 0.6 is 0 Å². The van der Waals surface area contributed by atoms with Crippen LogP contribution in [0.25, 0.3) is 17.2 Å². The molecule has 0 saturated heterocycles. The normalized spacial score (nSPS) is 11.3. The number of nitrogens with one attached hydrogen (secondary N) is 1. The van der Waals surface area contributed by atoms with Gasteiger partial charge in [0.2, 0.25) is 5.58 Å². The van der Waals surface area contributed by atoms with Crippen LogP contribution in [-0.2, 0) is 21.6 Å². The van der Waals surface area contributed by atoms with Gasteiger partial charge in [-0.05, 0) is 18.2 Å². The molecule has 0 spiro atoms.